The van der Waals surface area contributed by atoms with Gasteiger partial charge in [-0.25, -0.2) is 0 Å². The van der Waals surface area contributed by atoms with Gasteiger partial charge in [0.25, 0.3) is 11.2 Å². The van der Waals surface area contributed by atoms with Crippen LogP contribution in [0.5, 0.6) is 0 Å². The second-order valence-electron chi connectivity index (χ2n) is 11.3. The van der Waals surface area contributed by atoms with Crippen LogP contribution in [0.4, 0.5) is 52.7 Å². The standard InChI is InChI=1S/C12H17N.C10H12.2C4H4F6O.Mo/c1-8(2)10-6-5-7-11(9(3)4)12(10)13;1-10(2,3)9-7-5-4-6-8-9;2*1-2(11,3(5,6)7)4(8,9)10;/h5-9H,1-4H3;1,4-8H,2-3H3;2*11H,1H3;. The number of halogens is 12. The van der Waals surface area contributed by atoms with E-state index in [2.05, 4.69) is 27.7 Å². The van der Waals surface area contributed by atoms with Crippen molar-refractivity contribution in [3.63, 3.8) is 0 Å². The molecule has 1 aliphatic rings. The molecule has 264 valence electrons. The molecule has 1 aliphatic carbocycles. The molecule has 0 atom stereocenters. The van der Waals surface area contributed by atoms with Gasteiger partial charge in [-0.2, -0.15) is 52.7 Å². The minimum absolute atomic E-state index is 0. The van der Waals surface area contributed by atoms with Crippen LogP contribution in [0.15, 0.2) is 54.1 Å². The molecule has 16 heteroatoms. The van der Waals surface area contributed by atoms with Gasteiger partial charge in [0, 0.05) is 62.6 Å². The van der Waals surface area contributed by atoms with Gasteiger partial charge in [-0.15, -0.1) is 0 Å². The third kappa shape index (κ3) is 14.4. The van der Waals surface area contributed by atoms with E-state index in [0.717, 1.165) is 11.5 Å². The largest absolute Gasteiger partial charge is 0.778 e. The second kappa shape index (κ2) is 17.4. The first-order chi connectivity index (χ1) is 19.6. The molecule has 0 heterocycles. The van der Waals surface area contributed by atoms with Crippen molar-refractivity contribution in [2.75, 3.05) is 0 Å². The van der Waals surface area contributed by atoms with Crippen LogP contribution in [0.2, 0.25) is 0 Å². The summed E-state index contributed by atoms with van der Waals surface area (Å²) < 4.78 is 136. The normalized spacial score (nSPS) is 14.7. The van der Waals surface area contributed by atoms with Gasteiger partial charge in [-0.05, 0) is 65.2 Å². The fraction of sp³-hybridized carbons (Fsp3) is 0.567. The van der Waals surface area contributed by atoms with E-state index in [-0.39, 0.29) is 40.3 Å². The molecule has 2 radical (unpaired) electrons. The van der Waals surface area contributed by atoms with Crippen LogP contribution in [0, 0.1) is 24.7 Å². The third-order valence-electron chi connectivity index (χ3n) is 6.07. The number of allylic oxidation sites excluding steroid dienone is 4. The van der Waals surface area contributed by atoms with Crippen LogP contribution in [-0.4, -0.2) is 51.8 Å². The smallest absolute Gasteiger partial charge is 0.425 e. The minimum Gasteiger partial charge on any atom is -0.778 e. The van der Waals surface area contributed by atoms with Crippen molar-refractivity contribution in [3.8, 4) is 0 Å². The Morgan fingerprint density at radius 1 is 0.674 bits per heavy atom. The molecule has 0 aromatic heterocycles. The number of nitrogens with zero attached hydrogens (tertiary/aromatic N) is 1. The molecule has 0 aliphatic heterocycles. The Balaban J connectivity index is -0.000000535. The second-order valence-corrected chi connectivity index (χ2v) is 11.3. The van der Waals surface area contributed by atoms with Crippen LogP contribution in [0.1, 0.15) is 61.0 Å². The average molecular weight is 768 g/mol. The quantitative estimate of drug-likeness (QED) is 0.183. The number of aliphatic hydroxyl groups is 2. The summed E-state index contributed by atoms with van der Waals surface area (Å²) in [5.41, 5.74) is -6.75. The SMILES string of the molecule is CC(C)C1=CC=C[C+](C(C)C)C1=[N-].CC(O)(C(F)(F)F)C(F)(F)F.CC(O)(C(F)(F)F)C(F)(F)F.[CH]C(C)(C)c1ccccc1.[Mo]. The Morgan fingerprint density at radius 2 is 1.00 bits per heavy atom. The maximum absolute atomic E-state index is 11.4. The maximum atomic E-state index is 11.4. The zero-order chi connectivity index (χ0) is 36.6. The van der Waals surface area contributed by atoms with Gasteiger partial charge in [0.1, 0.15) is 0 Å². The molecule has 2 rings (SSSR count). The van der Waals surface area contributed by atoms with E-state index in [0.29, 0.717) is 17.5 Å². The maximum Gasteiger partial charge on any atom is 0.425 e. The Bertz CT molecular complexity index is 1040. The first kappa shape index (κ1) is 48.4. The minimum atomic E-state index is -5.69. The third-order valence-corrected chi connectivity index (χ3v) is 6.07. The zero-order valence-electron chi connectivity index (χ0n) is 26.1. The van der Waals surface area contributed by atoms with Crippen LogP contribution in [0.25, 0.3) is 5.41 Å². The molecule has 0 bridgehead atoms. The predicted molar refractivity (Wildman–Crippen MR) is 148 cm³/mol. The van der Waals surface area contributed by atoms with Crippen LogP contribution in [0.3, 0.4) is 0 Å². The first-order valence-electron chi connectivity index (χ1n) is 13.0. The van der Waals surface area contributed by atoms with Crippen molar-refractivity contribution in [3.05, 3.63) is 77.9 Å². The fourth-order valence-electron chi connectivity index (χ4n) is 2.70. The van der Waals surface area contributed by atoms with Gasteiger partial charge in [0.15, 0.2) is 0 Å². The average Bonchev–Trinajstić information content (AvgIpc) is 2.82. The number of hydrogen-bond acceptors (Lipinski definition) is 2. The van der Waals surface area contributed by atoms with E-state index >= 15 is 0 Å². The molecule has 1 aromatic rings. The number of benzene rings is 1. The van der Waals surface area contributed by atoms with Gasteiger partial charge in [-0.3, -0.25) is 0 Å². The summed E-state index contributed by atoms with van der Waals surface area (Å²) in [7, 11) is 0. The molecular formula is C30H37F12MoNO2. The Morgan fingerprint density at radius 3 is 1.20 bits per heavy atom. The number of rotatable bonds is 3. The van der Waals surface area contributed by atoms with Crippen molar-refractivity contribution in [2.24, 2.45) is 11.8 Å². The van der Waals surface area contributed by atoms with Gasteiger partial charge >= 0.3 is 24.7 Å². The molecule has 0 amide bonds. The molecule has 0 saturated heterocycles. The van der Waals surface area contributed by atoms with E-state index in [1.165, 1.54) is 5.56 Å². The van der Waals surface area contributed by atoms with Gasteiger partial charge in [0.2, 0.25) is 0 Å². The van der Waals surface area contributed by atoms with Crippen LogP contribution in [-0.2, 0) is 26.5 Å². The summed E-state index contributed by atoms with van der Waals surface area (Å²) >= 11 is 0. The van der Waals surface area contributed by atoms with Gasteiger partial charge < -0.3 is 15.6 Å². The van der Waals surface area contributed by atoms with Crippen molar-refractivity contribution >= 4 is 5.71 Å². The number of alkyl halides is 12. The molecule has 0 fully saturated rings. The molecular weight excluding hydrogens is 730 g/mol. The van der Waals surface area contributed by atoms with E-state index in [1.807, 2.05) is 62.4 Å². The van der Waals surface area contributed by atoms with Crippen molar-refractivity contribution in [2.45, 2.75) is 96.7 Å². The summed E-state index contributed by atoms with van der Waals surface area (Å²) in [6, 6.07) is 10.1. The summed E-state index contributed by atoms with van der Waals surface area (Å²) in [5.74, 6) is 1.82. The van der Waals surface area contributed by atoms with E-state index < -0.39 is 35.9 Å². The number of hydrogen-bond donors (Lipinski definition) is 2. The molecule has 0 saturated carbocycles. The van der Waals surface area contributed by atoms with E-state index in [1.54, 1.807) is 0 Å². The topological polar surface area (TPSA) is 62.8 Å². The molecule has 2 N–H and O–H groups in total. The molecule has 1 aromatic carbocycles. The fourth-order valence-corrected chi connectivity index (χ4v) is 2.70. The summed E-state index contributed by atoms with van der Waals surface area (Å²) in [6.07, 6.45) is -16.8. The van der Waals surface area contributed by atoms with E-state index in [9.17, 15) is 58.1 Å². The zero-order valence-corrected chi connectivity index (χ0v) is 28.1. The summed E-state index contributed by atoms with van der Waals surface area (Å²) in [4.78, 5) is 0. The van der Waals surface area contributed by atoms with Crippen molar-refractivity contribution in [1.82, 2.24) is 0 Å². The van der Waals surface area contributed by atoms with Gasteiger partial charge in [-0.1, -0.05) is 44.2 Å². The van der Waals surface area contributed by atoms with Crippen LogP contribution < -0.4 is 0 Å². The summed E-state index contributed by atoms with van der Waals surface area (Å²) in [5, 5.41) is 25.8. The van der Waals surface area contributed by atoms with Gasteiger partial charge in [0.05, 0.1) is 0 Å². The monoisotopic (exact) mass is 769 g/mol. The molecule has 0 unspecified atom stereocenters. The first-order valence-corrected chi connectivity index (χ1v) is 13.0. The van der Waals surface area contributed by atoms with Crippen molar-refractivity contribution < 1.29 is 84.0 Å². The molecule has 46 heavy (non-hydrogen) atoms. The van der Waals surface area contributed by atoms with Crippen molar-refractivity contribution in [1.29, 1.82) is 0 Å². The summed E-state index contributed by atoms with van der Waals surface area (Å²) in [6.45, 7) is 17.6. The Hall–Kier alpha value is -1.99. The Kier molecular flexibility index (Phi) is 18.3. The predicted octanol–water partition coefficient (Wildman–Crippen LogP) is 9.78. The molecule has 0 spiro atoms. The van der Waals surface area contributed by atoms with Crippen LogP contribution >= 0.6 is 0 Å². The van der Waals surface area contributed by atoms with E-state index in [4.69, 9.17) is 17.1 Å². The molecule has 3 nitrogen and oxygen atoms in total. The Labute approximate surface area is 275 Å².